The molecule has 17 heavy (non-hydrogen) atoms. The first kappa shape index (κ1) is 10.8. The van der Waals surface area contributed by atoms with Crippen molar-refractivity contribution in [3.63, 3.8) is 0 Å². The van der Waals surface area contributed by atoms with E-state index >= 15 is 0 Å². The molecule has 1 saturated carbocycles. The van der Waals surface area contributed by atoms with Gasteiger partial charge in [0.05, 0.1) is 11.2 Å². The fourth-order valence-electron chi connectivity index (χ4n) is 2.72. The van der Waals surface area contributed by atoms with Crippen molar-refractivity contribution < 1.29 is 0 Å². The SMILES string of the molecule is CC(N)c1cccc2c1c(C1CCC1)nn2C. The van der Waals surface area contributed by atoms with Gasteiger partial charge in [-0.1, -0.05) is 18.6 Å². The van der Waals surface area contributed by atoms with Crippen LogP contribution in [0.15, 0.2) is 18.2 Å². The monoisotopic (exact) mass is 229 g/mol. The highest BCUT2D eigenvalue weighted by Gasteiger charge is 2.26. The van der Waals surface area contributed by atoms with Crippen molar-refractivity contribution in [2.24, 2.45) is 12.8 Å². The molecular weight excluding hydrogens is 210 g/mol. The Bertz CT molecular complexity index is 550. The minimum absolute atomic E-state index is 0.0710. The zero-order valence-electron chi connectivity index (χ0n) is 10.5. The maximum atomic E-state index is 6.08. The number of hydrogen-bond acceptors (Lipinski definition) is 2. The van der Waals surface area contributed by atoms with Crippen LogP contribution in [0.5, 0.6) is 0 Å². The molecule has 2 N–H and O–H groups in total. The van der Waals surface area contributed by atoms with E-state index in [1.807, 2.05) is 18.7 Å². The third kappa shape index (κ3) is 1.57. The van der Waals surface area contributed by atoms with Gasteiger partial charge in [0, 0.05) is 24.4 Å². The number of rotatable bonds is 2. The van der Waals surface area contributed by atoms with Crippen LogP contribution >= 0.6 is 0 Å². The fourth-order valence-corrected chi connectivity index (χ4v) is 2.72. The first-order valence-corrected chi connectivity index (χ1v) is 6.39. The normalized spacial score (nSPS) is 18.3. The topological polar surface area (TPSA) is 43.8 Å². The molecule has 0 spiro atoms. The lowest BCUT2D eigenvalue weighted by Gasteiger charge is -2.24. The van der Waals surface area contributed by atoms with Crippen LogP contribution in [0.2, 0.25) is 0 Å². The summed E-state index contributed by atoms with van der Waals surface area (Å²) in [7, 11) is 2.02. The van der Waals surface area contributed by atoms with E-state index in [2.05, 4.69) is 18.2 Å². The summed E-state index contributed by atoms with van der Waals surface area (Å²) < 4.78 is 1.99. The average Bonchev–Trinajstić information content (AvgIpc) is 2.54. The van der Waals surface area contributed by atoms with Gasteiger partial charge in [-0.15, -0.1) is 0 Å². The largest absolute Gasteiger partial charge is 0.324 e. The van der Waals surface area contributed by atoms with Gasteiger partial charge in [0.1, 0.15) is 0 Å². The lowest BCUT2D eigenvalue weighted by molar-refractivity contribution is 0.410. The molecule has 1 aromatic carbocycles. The van der Waals surface area contributed by atoms with E-state index in [1.165, 1.54) is 41.4 Å². The van der Waals surface area contributed by atoms with E-state index in [0.29, 0.717) is 5.92 Å². The van der Waals surface area contributed by atoms with Gasteiger partial charge in [-0.25, -0.2) is 0 Å². The van der Waals surface area contributed by atoms with E-state index in [0.717, 1.165) is 0 Å². The van der Waals surface area contributed by atoms with Crippen LogP contribution in [0.1, 0.15) is 49.4 Å². The molecule has 0 radical (unpaired) electrons. The van der Waals surface area contributed by atoms with E-state index in [-0.39, 0.29) is 6.04 Å². The summed E-state index contributed by atoms with van der Waals surface area (Å²) in [6, 6.07) is 6.42. The van der Waals surface area contributed by atoms with Gasteiger partial charge < -0.3 is 5.73 Å². The van der Waals surface area contributed by atoms with Gasteiger partial charge in [0.15, 0.2) is 0 Å². The number of benzene rings is 1. The van der Waals surface area contributed by atoms with Crippen LogP contribution < -0.4 is 5.73 Å². The van der Waals surface area contributed by atoms with Crippen molar-refractivity contribution in [3.05, 3.63) is 29.5 Å². The molecule has 0 bridgehead atoms. The number of hydrogen-bond donors (Lipinski definition) is 1. The Kier molecular flexibility index (Phi) is 2.44. The third-order valence-corrected chi connectivity index (χ3v) is 3.92. The molecule has 90 valence electrons. The van der Waals surface area contributed by atoms with Gasteiger partial charge in [-0.2, -0.15) is 5.10 Å². The molecule has 0 aliphatic heterocycles. The number of aromatic nitrogens is 2. The van der Waals surface area contributed by atoms with Gasteiger partial charge in [0.2, 0.25) is 0 Å². The average molecular weight is 229 g/mol. The Hall–Kier alpha value is -1.35. The van der Waals surface area contributed by atoms with Crippen molar-refractivity contribution >= 4 is 10.9 Å². The maximum absolute atomic E-state index is 6.08. The summed E-state index contributed by atoms with van der Waals surface area (Å²) in [5.41, 5.74) is 9.79. The summed E-state index contributed by atoms with van der Waals surface area (Å²) in [6.07, 6.45) is 3.89. The highest BCUT2D eigenvalue weighted by Crippen LogP contribution is 2.40. The Labute approximate surface area is 102 Å². The summed E-state index contributed by atoms with van der Waals surface area (Å²) >= 11 is 0. The fraction of sp³-hybridized carbons (Fsp3) is 0.500. The minimum Gasteiger partial charge on any atom is -0.324 e. The van der Waals surface area contributed by atoms with Gasteiger partial charge in [-0.05, 0) is 31.4 Å². The second kappa shape index (κ2) is 3.84. The van der Waals surface area contributed by atoms with Crippen LogP contribution in [0.4, 0.5) is 0 Å². The highest BCUT2D eigenvalue weighted by molar-refractivity contribution is 5.86. The summed E-state index contributed by atoms with van der Waals surface area (Å²) in [6.45, 7) is 2.05. The summed E-state index contributed by atoms with van der Waals surface area (Å²) in [4.78, 5) is 0. The van der Waals surface area contributed by atoms with Crippen molar-refractivity contribution in [2.75, 3.05) is 0 Å². The molecule has 1 aliphatic rings. The smallest absolute Gasteiger partial charge is 0.0737 e. The molecule has 1 atom stereocenters. The molecule has 3 nitrogen and oxygen atoms in total. The van der Waals surface area contributed by atoms with E-state index < -0.39 is 0 Å². The molecular formula is C14H19N3. The molecule has 1 heterocycles. The maximum Gasteiger partial charge on any atom is 0.0737 e. The first-order chi connectivity index (χ1) is 8.18. The Morgan fingerprint density at radius 1 is 1.41 bits per heavy atom. The van der Waals surface area contributed by atoms with Crippen LogP contribution in [0, 0.1) is 0 Å². The van der Waals surface area contributed by atoms with Crippen LogP contribution in [-0.4, -0.2) is 9.78 Å². The van der Waals surface area contributed by atoms with E-state index in [1.54, 1.807) is 0 Å². The Morgan fingerprint density at radius 3 is 2.76 bits per heavy atom. The van der Waals surface area contributed by atoms with Crippen molar-refractivity contribution in [1.29, 1.82) is 0 Å². The number of fused-ring (bicyclic) bond motifs is 1. The minimum atomic E-state index is 0.0710. The van der Waals surface area contributed by atoms with Crippen LogP contribution in [-0.2, 0) is 7.05 Å². The Balaban J connectivity index is 2.27. The molecule has 0 amide bonds. The van der Waals surface area contributed by atoms with Crippen LogP contribution in [0.3, 0.4) is 0 Å². The van der Waals surface area contributed by atoms with Crippen LogP contribution in [0.25, 0.3) is 10.9 Å². The zero-order chi connectivity index (χ0) is 12.0. The lowest BCUT2D eigenvalue weighted by atomic mass is 9.81. The predicted octanol–water partition coefficient (Wildman–Crippen LogP) is 2.86. The standard InChI is InChI=1S/C14H19N3/c1-9(15)11-7-4-8-12-13(11)14(16-17(12)2)10-5-3-6-10/h4,7-10H,3,5-6,15H2,1-2H3. The van der Waals surface area contributed by atoms with Gasteiger partial charge in [0.25, 0.3) is 0 Å². The third-order valence-electron chi connectivity index (χ3n) is 3.92. The summed E-state index contributed by atoms with van der Waals surface area (Å²) in [5, 5.41) is 6.02. The number of aryl methyl sites for hydroxylation is 1. The second-order valence-corrected chi connectivity index (χ2v) is 5.17. The second-order valence-electron chi connectivity index (χ2n) is 5.17. The first-order valence-electron chi connectivity index (χ1n) is 6.39. The number of nitrogens with zero attached hydrogens (tertiary/aromatic N) is 2. The Morgan fingerprint density at radius 2 is 2.18 bits per heavy atom. The molecule has 3 rings (SSSR count). The molecule has 1 aromatic heterocycles. The molecule has 1 unspecified atom stereocenters. The van der Waals surface area contributed by atoms with Gasteiger partial charge >= 0.3 is 0 Å². The molecule has 0 saturated heterocycles. The summed E-state index contributed by atoms with van der Waals surface area (Å²) in [5.74, 6) is 0.651. The molecule has 1 aliphatic carbocycles. The lowest BCUT2D eigenvalue weighted by Crippen LogP contribution is -2.11. The quantitative estimate of drug-likeness (QED) is 0.860. The van der Waals surface area contributed by atoms with Crippen molar-refractivity contribution in [2.45, 2.75) is 38.1 Å². The molecule has 1 fully saturated rings. The number of nitrogens with two attached hydrogens (primary N) is 1. The van der Waals surface area contributed by atoms with E-state index in [4.69, 9.17) is 10.8 Å². The zero-order valence-corrected chi connectivity index (χ0v) is 10.5. The molecule has 3 heteroatoms. The van der Waals surface area contributed by atoms with E-state index in [9.17, 15) is 0 Å². The van der Waals surface area contributed by atoms with Crippen molar-refractivity contribution in [1.82, 2.24) is 9.78 Å². The predicted molar refractivity (Wildman–Crippen MR) is 69.9 cm³/mol. The highest BCUT2D eigenvalue weighted by atomic mass is 15.3. The van der Waals surface area contributed by atoms with Gasteiger partial charge in [-0.3, -0.25) is 4.68 Å². The molecule has 2 aromatic rings. The van der Waals surface area contributed by atoms with Crippen molar-refractivity contribution in [3.8, 4) is 0 Å².